The van der Waals surface area contributed by atoms with Gasteiger partial charge in [-0.05, 0) is 17.7 Å². The molecule has 0 spiro atoms. The summed E-state index contributed by atoms with van der Waals surface area (Å²) in [5.41, 5.74) is 1.83. The molecule has 4 rings (SSSR count). The van der Waals surface area contributed by atoms with Crippen LogP contribution in [0.4, 0.5) is 0 Å². The zero-order valence-corrected chi connectivity index (χ0v) is 13.2. The van der Waals surface area contributed by atoms with E-state index in [4.69, 9.17) is 8.83 Å². The third-order valence-electron chi connectivity index (χ3n) is 3.82. The number of aromatic nitrogens is 2. The van der Waals surface area contributed by atoms with Gasteiger partial charge in [0.25, 0.3) is 11.8 Å². The summed E-state index contributed by atoms with van der Waals surface area (Å²) in [4.78, 5) is 24.3. The van der Waals surface area contributed by atoms with E-state index in [0.717, 1.165) is 16.0 Å². The average Bonchev–Trinajstić information content (AvgIpc) is 3.37. The van der Waals surface area contributed by atoms with E-state index in [0.29, 0.717) is 18.7 Å². The van der Waals surface area contributed by atoms with E-state index >= 15 is 0 Å². The minimum absolute atomic E-state index is 0.0395. The summed E-state index contributed by atoms with van der Waals surface area (Å²) in [6.45, 7) is 0.231. The molecule has 0 radical (unpaired) electrons. The molecule has 2 aromatic heterocycles. The Labute approximate surface area is 142 Å². The minimum atomic E-state index is -0.716. The van der Waals surface area contributed by atoms with Gasteiger partial charge in [-0.15, -0.1) is 5.10 Å². The molecule has 8 nitrogen and oxygen atoms in total. The van der Waals surface area contributed by atoms with E-state index in [1.54, 1.807) is 12.1 Å². The maximum Gasteiger partial charge on any atom is 0.437 e. The normalized spacial score (nSPS) is 13.9. The lowest BCUT2D eigenvalue weighted by Gasteiger charge is -2.10. The van der Waals surface area contributed by atoms with Gasteiger partial charge in [0.2, 0.25) is 0 Å². The highest BCUT2D eigenvalue weighted by Gasteiger charge is 2.23. The van der Waals surface area contributed by atoms with E-state index in [-0.39, 0.29) is 18.3 Å². The molecule has 1 aromatic carbocycles. The molecule has 8 heteroatoms. The quantitative estimate of drug-likeness (QED) is 0.722. The highest BCUT2D eigenvalue weighted by atomic mass is 16.4. The molecule has 0 fully saturated rings. The second-order valence-electron chi connectivity index (χ2n) is 5.49. The lowest BCUT2D eigenvalue weighted by molar-refractivity contribution is -0.131. The van der Waals surface area contributed by atoms with Crippen molar-refractivity contribution in [3.63, 3.8) is 0 Å². The Balaban J connectivity index is 1.50. The molecule has 0 saturated heterocycles. The molecule has 126 valence electrons. The smallest absolute Gasteiger partial charge is 0.437 e. The number of amides is 1. The lowest BCUT2D eigenvalue weighted by Crippen LogP contribution is -2.31. The number of furan rings is 1. The summed E-state index contributed by atoms with van der Waals surface area (Å²) in [5.74, 6) is -0.676. The number of hydrogen-bond acceptors (Lipinski definition) is 6. The lowest BCUT2D eigenvalue weighted by atomic mass is 10.1. The van der Waals surface area contributed by atoms with Crippen LogP contribution in [0.5, 0.6) is 0 Å². The molecule has 3 aromatic rings. The first-order chi connectivity index (χ1) is 12.2. The topological polar surface area (TPSA) is 93.8 Å². The van der Waals surface area contributed by atoms with Crippen molar-refractivity contribution in [1.29, 1.82) is 0 Å². The van der Waals surface area contributed by atoms with Gasteiger partial charge >= 0.3 is 5.76 Å². The molecule has 1 amide bonds. The molecule has 0 saturated carbocycles. The van der Waals surface area contributed by atoms with E-state index in [1.807, 2.05) is 30.3 Å². The summed E-state index contributed by atoms with van der Waals surface area (Å²) in [6.07, 6.45) is 2.12. The van der Waals surface area contributed by atoms with Gasteiger partial charge in [0.1, 0.15) is 6.54 Å². The second-order valence-corrected chi connectivity index (χ2v) is 5.49. The monoisotopic (exact) mass is 338 g/mol. The van der Waals surface area contributed by atoms with E-state index in [9.17, 15) is 9.59 Å². The molecule has 0 N–H and O–H groups in total. The Morgan fingerprint density at radius 2 is 2.00 bits per heavy atom. The number of carbonyl (C=O) groups excluding carboxylic acids is 1. The van der Waals surface area contributed by atoms with Crippen molar-refractivity contribution in [2.45, 2.75) is 13.0 Å². The van der Waals surface area contributed by atoms with Crippen LogP contribution in [0, 0.1) is 0 Å². The molecule has 0 unspecified atom stereocenters. The Kier molecular flexibility index (Phi) is 3.77. The first-order valence-corrected chi connectivity index (χ1v) is 7.76. The molecule has 3 heterocycles. The molecule has 0 atom stereocenters. The van der Waals surface area contributed by atoms with Crippen molar-refractivity contribution >= 4 is 11.6 Å². The van der Waals surface area contributed by atoms with Gasteiger partial charge < -0.3 is 8.83 Å². The van der Waals surface area contributed by atoms with Crippen LogP contribution in [0.1, 0.15) is 12.0 Å². The largest absolute Gasteiger partial charge is 0.459 e. The van der Waals surface area contributed by atoms with Crippen LogP contribution in [0.2, 0.25) is 0 Å². The van der Waals surface area contributed by atoms with Gasteiger partial charge in [0, 0.05) is 6.42 Å². The minimum Gasteiger partial charge on any atom is -0.459 e. The summed E-state index contributed by atoms with van der Waals surface area (Å²) < 4.78 is 11.1. The Bertz CT molecular complexity index is 970. The number of rotatable bonds is 4. The third kappa shape index (κ3) is 3.01. The van der Waals surface area contributed by atoms with Crippen molar-refractivity contribution in [3.05, 3.63) is 64.8 Å². The molecular formula is C17H14N4O4. The maximum absolute atomic E-state index is 12.4. The molecule has 1 aliphatic rings. The Morgan fingerprint density at radius 1 is 1.16 bits per heavy atom. The number of carbonyl (C=O) groups is 1. The summed E-state index contributed by atoms with van der Waals surface area (Å²) in [6, 6.07) is 12.9. The van der Waals surface area contributed by atoms with Gasteiger partial charge in [-0.1, -0.05) is 30.3 Å². The number of hydrogen-bond donors (Lipinski definition) is 0. The van der Waals surface area contributed by atoms with Crippen LogP contribution in [-0.4, -0.2) is 33.0 Å². The Morgan fingerprint density at radius 3 is 2.76 bits per heavy atom. The van der Waals surface area contributed by atoms with Crippen LogP contribution in [0.3, 0.4) is 0 Å². The molecule has 25 heavy (non-hydrogen) atoms. The fourth-order valence-corrected chi connectivity index (χ4v) is 2.59. The molecule has 0 aliphatic carbocycles. The Hall–Kier alpha value is -3.42. The summed E-state index contributed by atoms with van der Waals surface area (Å²) in [7, 11) is 0. The van der Waals surface area contributed by atoms with Crippen molar-refractivity contribution in [2.75, 3.05) is 6.54 Å². The van der Waals surface area contributed by atoms with Gasteiger partial charge in [-0.2, -0.15) is 9.78 Å². The second kappa shape index (κ2) is 6.23. The van der Waals surface area contributed by atoms with Gasteiger partial charge in [0.05, 0.1) is 18.5 Å². The zero-order chi connectivity index (χ0) is 17.2. The van der Waals surface area contributed by atoms with Crippen LogP contribution >= 0.6 is 0 Å². The van der Waals surface area contributed by atoms with Gasteiger partial charge in [-0.25, -0.2) is 9.80 Å². The fraction of sp³-hybridized carbons (Fsp3) is 0.176. The zero-order valence-electron chi connectivity index (χ0n) is 13.2. The molecular weight excluding hydrogens is 324 g/mol. The average molecular weight is 338 g/mol. The van der Waals surface area contributed by atoms with E-state index in [2.05, 4.69) is 10.2 Å². The summed E-state index contributed by atoms with van der Waals surface area (Å²) >= 11 is 0. The van der Waals surface area contributed by atoms with Crippen LogP contribution in [0.25, 0.3) is 11.7 Å². The van der Waals surface area contributed by atoms with E-state index in [1.165, 1.54) is 11.3 Å². The van der Waals surface area contributed by atoms with Crippen molar-refractivity contribution in [2.24, 2.45) is 5.10 Å². The predicted molar refractivity (Wildman–Crippen MR) is 87.8 cm³/mol. The van der Waals surface area contributed by atoms with Crippen molar-refractivity contribution in [3.8, 4) is 11.7 Å². The fourth-order valence-electron chi connectivity index (χ4n) is 2.59. The van der Waals surface area contributed by atoms with Crippen molar-refractivity contribution in [1.82, 2.24) is 14.8 Å². The summed E-state index contributed by atoms with van der Waals surface area (Å²) in [5, 5.41) is 9.69. The SMILES string of the molecule is O=C(Cn1nc(-c2ccco2)oc1=O)N1CCC(c2ccccc2)=N1. The molecule has 1 aliphatic heterocycles. The predicted octanol–water partition coefficient (Wildman–Crippen LogP) is 1.73. The highest BCUT2D eigenvalue weighted by Crippen LogP contribution is 2.16. The van der Waals surface area contributed by atoms with Crippen LogP contribution in [-0.2, 0) is 11.3 Å². The van der Waals surface area contributed by atoms with Gasteiger partial charge in [0.15, 0.2) is 5.76 Å². The third-order valence-corrected chi connectivity index (χ3v) is 3.82. The number of benzene rings is 1. The molecule has 0 bridgehead atoms. The standard InChI is InChI=1S/C17H14N4O4/c22-15(20-9-8-13(18-20)12-5-2-1-3-6-12)11-21-17(23)25-16(19-21)14-7-4-10-24-14/h1-7,10H,8-9,11H2. The van der Waals surface area contributed by atoms with Crippen molar-refractivity contribution < 1.29 is 13.6 Å². The maximum atomic E-state index is 12.4. The first kappa shape index (κ1) is 15.1. The first-order valence-electron chi connectivity index (χ1n) is 7.76. The van der Waals surface area contributed by atoms with E-state index < -0.39 is 5.76 Å². The highest BCUT2D eigenvalue weighted by molar-refractivity contribution is 6.02. The van der Waals surface area contributed by atoms with Crippen LogP contribution < -0.4 is 5.76 Å². The van der Waals surface area contributed by atoms with Crippen LogP contribution in [0.15, 0.2) is 67.5 Å². The number of nitrogens with zero attached hydrogens (tertiary/aromatic N) is 4. The number of hydrazone groups is 1. The van der Waals surface area contributed by atoms with Gasteiger partial charge in [-0.3, -0.25) is 4.79 Å².